The first-order chi connectivity index (χ1) is 5.65. The fraction of sp³-hybridized carbons (Fsp3) is 0.333. The van der Waals surface area contributed by atoms with Crippen molar-refractivity contribution in [3.05, 3.63) is 35.1 Å². The number of aliphatic hydroxyl groups excluding tert-OH is 1. The Morgan fingerprint density at radius 3 is 2.75 bits per heavy atom. The van der Waals surface area contributed by atoms with Gasteiger partial charge in [0.2, 0.25) is 0 Å². The van der Waals surface area contributed by atoms with Crippen LogP contribution in [0.4, 0.5) is 4.39 Å². The normalized spacial score (nSPS) is 13.0. The molecule has 0 aliphatic heterocycles. The summed E-state index contributed by atoms with van der Waals surface area (Å²) in [5.74, 6) is -0.320. The van der Waals surface area contributed by atoms with Crippen molar-refractivity contribution in [1.82, 2.24) is 0 Å². The Morgan fingerprint density at radius 1 is 1.58 bits per heavy atom. The summed E-state index contributed by atoms with van der Waals surface area (Å²) in [7, 11) is 0. The van der Waals surface area contributed by atoms with Crippen LogP contribution in [-0.4, -0.2) is 5.11 Å². The van der Waals surface area contributed by atoms with Gasteiger partial charge in [0.25, 0.3) is 0 Å². The summed E-state index contributed by atoms with van der Waals surface area (Å²) in [5, 5.41) is 8.88. The van der Waals surface area contributed by atoms with Crippen LogP contribution in [0.2, 0.25) is 0 Å². The molecule has 2 nitrogen and oxygen atoms in total. The average Bonchev–Trinajstić information content (AvgIpc) is 2.04. The number of nitrogens with two attached hydrogens (primary N) is 1. The summed E-state index contributed by atoms with van der Waals surface area (Å²) in [6.07, 6.45) is 0. The molecule has 0 saturated carbocycles. The highest BCUT2D eigenvalue weighted by atomic mass is 19.1. The molecular weight excluding hydrogens is 157 g/mol. The second-order valence-electron chi connectivity index (χ2n) is 2.79. The van der Waals surface area contributed by atoms with Gasteiger partial charge in [0, 0.05) is 6.04 Å². The Labute approximate surface area is 70.8 Å². The molecule has 3 N–H and O–H groups in total. The number of hydrogen-bond acceptors (Lipinski definition) is 2. The highest BCUT2D eigenvalue weighted by Gasteiger charge is 2.06. The molecule has 0 saturated heterocycles. The average molecular weight is 169 g/mol. The van der Waals surface area contributed by atoms with E-state index in [1.807, 2.05) is 0 Å². The minimum atomic E-state index is -0.320. The summed E-state index contributed by atoms with van der Waals surface area (Å²) in [4.78, 5) is 0. The van der Waals surface area contributed by atoms with Gasteiger partial charge in [-0.15, -0.1) is 0 Å². The van der Waals surface area contributed by atoms with E-state index in [2.05, 4.69) is 0 Å². The molecule has 0 heterocycles. The van der Waals surface area contributed by atoms with Gasteiger partial charge in [-0.25, -0.2) is 4.39 Å². The largest absolute Gasteiger partial charge is 0.392 e. The second-order valence-corrected chi connectivity index (χ2v) is 2.79. The van der Waals surface area contributed by atoms with Gasteiger partial charge in [-0.2, -0.15) is 0 Å². The number of benzene rings is 1. The SMILES string of the molecule is C[C@H](N)c1cc(F)ccc1CO. The predicted molar refractivity (Wildman–Crippen MR) is 44.9 cm³/mol. The fourth-order valence-corrected chi connectivity index (χ4v) is 1.13. The van der Waals surface area contributed by atoms with E-state index in [4.69, 9.17) is 10.8 Å². The standard InChI is InChI=1S/C9H12FNO/c1-6(11)9-4-8(10)3-2-7(9)5-12/h2-4,6,12H,5,11H2,1H3/t6-/m0/s1. The van der Waals surface area contributed by atoms with Crippen molar-refractivity contribution in [2.24, 2.45) is 5.73 Å². The van der Waals surface area contributed by atoms with Gasteiger partial charge in [0.05, 0.1) is 6.61 Å². The first kappa shape index (κ1) is 9.16. The van der Waals surface area contributed by atoms with E-state index in [0.29, 0.717) is 11.1 Å². The Kier molecular flexibility index (Phi) is 2.78. The Bertz CT molecular complexity index is 273. The second kappa shape index (κ2) is 3.65. The van der Waals surface area contributed by atoms with Gasteiger partial charge in [-0.1, -0.05) is 6.07 Å². The van der Waals surface area contributed by atoms with E-state index in [0.717, 1.165) is 0 Å². The van der Waals surface area contributed by atoms with Crippen LogP contribution in [0.5, 0.6) is 0 Å². The minimum absolute atomic E-state index is 0.100. The zero-order valence-electron chi connectivity index (χ0n) is 6.92. The van der Waals surface area contributed by atoms with Crippen LogP contribution < -0.4 is 5.73 Å². The number of halogens is 1. The molecule has 1 aromatic rings. The molecule has 3 heteroatoms. The van der Waals surface area contributed by atoms with Crippen LogP contribution >= 0.6 is 0 Å². The maximum Gasteiger partial charge on any atom is 0.123 e. The van der Waals surface area contributed by atoms with Crippen LogP contribution in [0.3, 0.4) is 0 Å². The molecule has 12 heavy (non-hydrogen) atoms. The highest BCUT2D eigenvalue weighted by Crippen LogP contribution is 2.17. The molecule has 0 aliphatic rings. The van der Waals surface area contributed by atoms with Gasteiger partial charge in [0.15, 0.2) is 0 Å². The third kappa shape index (κ3) is 1.81. The van der Waals surface area contributed by atoms with Crippen LogP contribution in [0.15, 0.2) is 18.2 Å². The molecule has 1 aromatic carbocycles. The first-order valence-corrected chi connectivity index (χ1v) is 3.80. The van der Waals surface area contributed by atoms with Crippen molar-refractivity contribution in [3.8, 4) is 0 Å². The van der Waals surface area contributed by atoms with Crippen LogP contribution in [-0.2, 0) is 6.61 Å². The Hall–Kier alpha value is -0.930. The molecule has 66 valence electrons. The monoisotopic (exact) mass is 169 g/mol. The topological polar surface area (TPSA) is 46.2 Å². The van der Waals surface area contributed by atoms with E-state index in [1.54, 1.807) is 13.0 Å². The molecule has 0 aromatic heterocycles. The molecule has 0 amide bonds. The zero-order valence-corrected chi connectivity index (χ0v) is 6.92. The Balaban J connectivity index is 3.12. The highest BCUT2D eigenvalue weighted by molar-refractivity contribution is 5.29. The third-order valence-electron chi connectivity index (χ3n) is 1.77. The van der Waals surface area contributed by atoms with Gasteiger partial charge in [-0.05, 0) is 30.2 Å². The van der Waals surface area contributed by atoms with Crippen LogP contribution in [0.25, 0.3) is 0 Å². The van der Waals surface area contributed by atoms with Gasteiger partial charge in [-0.3, -0.25) is 0 Å². The summed E-state index contributed by atoms with van der Waals surface area (Å²) < 4.78 is 12.7. The van der Waals surface area contributed by atoms with E-state index in [-0.39, 0.29) is 18.5 Å². The summed E-state index contributed by atoms with van der Waals surface area (Å²) >= 11 is 0. The van der Waals surface area contributed by atoms with Crippen molar-refractivity contribution in [1.29, 1.82) is 0 Å². The molecule has 0 bridgehead atoms. The van der Waals surface area contributed by atoms with Crippen molar-refractivity contribution in [2.45, 2.75) is 19.6 Å². The van der Waals surface area contributed by atoms with Crippen molar-refractivity contribution in [3.63, 3.8) is 0 Å². The summed E-state index contributed by atoms with van der Waals surface area (Å²) in [5.41, 5.74) is 6.93. The first-order valence-electron chi connectivity index (χ1n) is 3.80. The molecule has 0 unspecified atom stereocenters. The Morgan fingerprint density at radius 2 is 2.25 bits per heavy atom. The third-order valence-corrected chi connectivity index (χ3v) is 1.77. The van der Waals surface area contributed by atoms with Crippen molar-refractivity contribution < 1.29 is 9.50 Å². The molecule has 0 spiro atoms. The van der Waals surface area contributed by atoms with Gasteiger partial charge < -0.3 is 10.8 Å². The number of hydrogen-bond donors (Lipinski definition) is 2. The fourth-order valence-electron chi connectivity index (χ4n) is 1.13. The van der Waals surface area contributed by atoms with Crippen molar-refractivity contribution >= 4 is 0 Å². The molecule has 1 rings (SSSR count). The zero-order chi connectivity index (χ0) is 9.14. The molecular formula is C9H12FNO. The molecule has 0 fully saturated rings. The molecule has 0 aliphatic carbocycles. The van der Waals surface area contributed by atoms with Crippen LogP contribution in [0.1, 0.15) is 24.1 Å². The van der Waals surface area contributed by atoms with E-state index >= 15 is 0 Å². The van der Waals surface area contributed by atoms with E-state index < -0.39 is 0 Å². The quantitative estimate of drug-likeness (QED) is 0.701. The van der Waals surface area contributed by atoms with E-state index in [9.17, 15) is 4.39 Å². The lowest BCUT2D eigenvalue weighted by Gasteiger charge is -2.10. The van der Waals surface area contributed by atoms with Crippen LogP contribution in [0, 0.1) is 5.82 Å². The van der Waals surface area contributed by atoms with E-state index in [1.165, 1.54) is 12.1 Å². The molecule has 1 atom stereocenters. The van der Waals surface area contributed by atoms with Gasteiger partial charge in [0.1, 0.15) is 5.82 Å². The lowest BCUT2D eigenvalue weighted by molar-refractivity contribution is 0.280. The molecule has 0 radical (unpaired) electrons. The maximum atomic E-state index is 12.7. The number of aliphatic hydroxyl groups is 1. The van der Waals surface area contributed by atoms with Gasteiger partial charge >= 0.3 is 0 Å². The summed E-state index contributed by atoms with van der Waals surface area (Å²) in [6, 6.07) is 3.98. The lowest BCUT2D eigenvalue weighted by Crippen LogP contribution is -2.08. The smallest absolute Gasteiger partial charge is 0.123 e. The lowest BCUT2D eigenvalue weighted by atomic mass is 10.0. The minimum Gasteiger partial charge on any atom is -0.392 e. The maximum absolute atomic E-state index is 12.7. The summed E-state index contributed by atoms with van der Waals surface area (Å²) in [6.45, 7) is 1.66. The number of rotatable bonds is 2. The van der Waals surface area contributed by atoms with Crippen molar-refractivity contribution in [2.75, 3.05) is 0 Å². The predicted octanol–water partition coefficient (Wildman–Crippen LogP) is 1.34.